The number of aryl methyl sites for hydroxylation is 1. The largest absolute Gasteiger partial charge is 0.492 e. The number of benzene rings is 2. The molecule has 3 aromatic rings. The molecule has 0 saturated carbocycles. The van der Waals surface area contributed by atoms with E-state index in [4.69, 9.17) is 13.9 Å². The summed E-state index contributed by atoms with van der Waals surface area (Å²) in [5.41, 5.74) is 2.56. The van der Waals surface area contributed by atoms with Crippen molar-refractivity contribution in [1.82, 2.24) is 10.2 Å². The Labute approximate surface area is 169 Å². The molecule has 0 fully saturated rings. The molecule has 1 atom stereocenters. The molecular weight excluding hydrogens is 370 g/mol. The monoisotopic (exact) mass is 393 g/mol. The van der Waals surface area contributed by atoms with Gasteiger partial charge in [0.2, 0.25) is 17.7 Å². The van der Waals surface area contributed by atoms with Gasteiger partial charge >= 0.3 is 0 Å². The molecule has 1 aliphatic heterocycles. The third-order valence-corrected chi connectivity index (χ3v) is 4.63. The molecule has 29 heavy (non-hydrogen) atoms. The zero-order valence-corrected chi connectivity index (χ0v) is 16.5. The van der Waals surface area contributed by atoms with E-state index < -0.39 is 0 Å². The van der Waals surface area contributed by atoms with Crippen LogP contribution in [0.25, 0.3) is 11.5 Å². The summed E-state index contributed by atoms with van der Waals surface area (Å²) < 4.78 is 17.2. The molecule has 7 heteroatoms. The van der Waals surface area contributed by atoms with Crippen molar-refractivity contribution in [3.8, 4) is 23.0 Å². The van der Waals surface area contributed by atoms with E-state index in [-0.39, 0.29) is 18.4 Å². The van der Waals surface area contributed by atoms with Gasteiger partial charge in [0.1, 0.15) is 17.6 Å². The maximum Gasteiger partial charge on any atom is 0.247 e. The zero-order valence-electron chi connectivity index (χ0n) is 16.5. The minimum atomic E-state index is -0.156. The molecule has 0 unspecified atom stereocenters. The predicted molar refractivity (Wildman–Crippen MR) is 108 cm³/mol. The van der Waals surface area contributed by atoms with Crippen LogP contribution in [0.5, 0.6) is 11.5 Å². The molecule has 0 spiro atoms. The van der Waals surface area contributed by atoms with Gasteiger partial charge in [0, 0.05) is 36.5 Å². The highest BCUT2D eigenvalue weighted by atomic mass is 16.5. The van der Waals surface area contributed by atoms with Crippen LogP contribution in [-0.4, -0.2) is 28.8 Å². The van der Waals surface area contributed by atoms with Crippen molar-refractivity contribution in [3.63, 3.8) is 0 Å². The van der Waals surface area contributed by atoms with Gasteiger partial charge in [-0.3, -0.25) is 4.79 Å². The van der Waals surface area contributed by atoms with Crippen LogP contribution in [0, 0.1) is 0 Å². The summed E-state index contributed by atoms with van der Waals surface area (Å²) in [7, 11) is 0. The summed E-state index contributed by atoms with van der Waals surface area (Å²) in [5.74, 6) is 2.16. The standard InChI is InChI=1S/C22H23N3O4/c1-3-27-19-12-16-11-14(2)28-18(16)13-17(19)23-20(26)9-10-21-24-25-22(29-21)15-7-5-4-6-8-15/h4-8,12-14H,3,9-11H2,1-2H3,(H,23,26)/t14-/m0/s1. The Morgan fingerprint density at radius 3 is 2.86 bits per heavy atom. The molecule has 1 aromatic heterocycles. The summed E-state index contributed by atoms with van der Waals surface area (Å²) >= 11 is 0. The van der Waals surface area contributed by atoms with Crippen LogP contribution in [0.2, 0.25) is 0 Å². The van der Waals surface area contributed by atoms with Gasteiger partial charge in [-0.05, 0) is 32.0 Å². The lowest BCUT2D eigenvalue weighted by Gasteiger charge is -2.13. The highest BCUT2D eigenvalue weighted by Gasteiger charge is 2.22. The fourth-order valence-electron chi connectivity index (χ4n) is 3.30. The smallest absolute Gasteiger partial charge is 0.247 e. The summed E-state index contributed by atoms with van der Waals surface area (Å²) in [4.78, 5) is 12.5. The number of hydrogen-bond donors (Lipinski definition) is 1. The second-order valence-corrected chi connectivity index (χ2v) is 6.94. The van der Waals surface area contributed by atoms with Crippen molar-refractivity contribution in [2.75, 3.05) is 11.9 Å². The van der Waals surface area contributed by atoms with Gasteiger partial charge in [-0.15, -0.1) is 10.2 Å². The van der Waals surface area contributed by atoms with Crippen molar-refractivity contribution in [2.45, 2.75) is 39.2 Å². The van der Waals surface area contributed by atoms with Crippen molar-refractivity contribution < 1.29 is 18.7 Å². The molecule has 7 nitrogen and oxygen atoms in total. The molecular formula is C22H23N3O4. The number of carbonyl (C=O) groups is 1. The van der Waals surface area contributed by atoms with Gasteiger partial charge in [-0.1, -0.05) is 18.2 Å². The van der Waals surface area contributed by atoms with Crippen LogP contribution in [-0.2, 0) is 17.6 Å². The average molecular weight is 393 g/mol. The zero-order chi connectivity index (χ0) is 20.2. The van der Waals surface area contributed by atoms with E-state index in [1.165, 1.54) is 0 Å². The van der Waals surface area contributed by atoms with E-state index in [1.54, 1.807) is 0 Å². The summed E-state index contributed by atoms with van der Waals surface area (Å²) in [6.45, 7) is 4.45. The molecule has 0 bridgehead atoms. The fraction of sp³-hybridized carbons (Fsp3) is 0.318. The molecule has 2 heterocycles. The quantitative estimate of drug-likeness (QED) is 0.652. The lowest BCUT2D eigenvalue weighted by Crippen LogP contribution is -2.13. The highest BCUT2D eigenvalue weighted by molar-refractivity contribution is 5.92. The van der Waals surface area contributed by atoms with Crippen LogP contribution < -0.4 is 14.8 Å². The Hall–Kier alpha value is -3.35. The number of nitrogens with one attached hydrogen (secondary N) is 1. The third-order valence-electron chi connectivity index (χ3n) is 4.63. The van der Waals surface area contributed by atoms with E-state index in [0.29, 0.717) is 36.2 Å². The molecule has 0 saturated heterocycles. The fourth-order valence-corrected chi connectivity index (χ4v) is 3.30. The highest BCUT2D eigenvalue weighted by Crippen LogP contribution is 2.38. The van der Waals surface area contributed by atoms with Gasteiger partial charge in [-0.2, -0.15) is 0 Å². The van der Waals surface area contributed by atoms with Crippen LogP contribution in [0.3, 0.4) is 0 Å². The van der Waals surface area contributed by atoms with Gasteiger partial charge in [-0.25, -0.2) is 0 Å². The van der Waals surface area contributed by atoms with Gasteiger partial charge in [0.25, 0.3) is 0 Å². The summed E-state index contributed by atoms with van der Waals surface area (Å²) in [6.07, 6.45) is 1.54. The van der Waals surface area contributed by atoms with Crippen molar-refractivity contribution in [3.05, 3.63) is 53.9 Å². The number of rotatable bonds is 7. The third kappa shape index (κ3) is 4.39. The topological polar surface area (TPSA) is 86.5 Å². The first-order valence-corrected chi connectivity index (χ1v) is 9.76. The van der Waals surface area contributed by atoms with Crippen LogP contribution >= 0.6 is 0 Å². The Balaban J connectivity index is 1.40. The Kier molecular flexibility index (Phi) is 5.46. The van der Waals surface area contributed by atoms with Crippen molar-refractivity contribution in [1.29, 1.82) is 0 Å². The second-order valence-electron chi connectivity index (χ2n) is 6.94. The van der Waals surface area contributed by atoms with Crippen LogP contribution in [0.15, 0.2) is 46.9 Å². The Morgan fingerprint density at radius 2 is 2.07 bits per heavy atom. The molecule has 1 aliphatic rings. The van der Waals surface area contributed by atoms with Gasteiger partial charge < -0.3 is 19.2 Å². The number of nitrogens with zero attached hydrogens (tertiary/aromatic N) is 2. The lowest BCUT2D eigenvalue weighted by atomic mass is 10.1. The van der Waals surface area contributed by atoms with Crippen LogP contribution in [0.1, 0.15) is 31.7 Å². The maximum absolute atomic E-state index is 12.5. The molecule has 0 radical (unpaired) electrons. The molecule has 150 valence electrons. The number of fused-ring (bicyclic) bond motifs is 1. The molecule has 1 N–H and O–H groups in total. The van der Waals surface area contributed by atoms with E-state index >= 15 is 0 Å². The number of amides is 1. The number of hydrogen-bond acceptors (Lipinski definition) is 6. The SMILES string of the molecule is CCOc1cc2c(cc1NC(=O)CCc1nnc(-c3ccccc3)o1)O[C@@H](C)C2. The molecule has 2 aromatic carbocycles. The first-order chi connectivity index (χ1) is 14.1. The first kappa shape index (κ1) is 19.0. The van der Waals surface area contributed by atoms with E-state index in [1.807, 2.05) is 56.3 Å². The lowest BCUT2D eigenvalue weighted by molar-refractivity contribution is -0.116. The number of anilines is 1. The molecule has 1 amide bonds. The maximum atomic E-state index is 12.5. The number of aromatic nitrogens is 2. The minimum Gasteiger partial charge on any atom is -0.492 e. The Morgan fingerprint density at radius 1 is 1.24 bits per heavy atom. The average Bonchev–Trinajstić information content (AvgIpc) is 3.33. The predicted octanol–water partition coefficient (Wildman–Crippen LogP) is 4.03. The van der Waals surface area contributed by atoms with Crippen molar-refractivity contribution >= 4 is 11.6 Å². The molecule has 4 rings (SSSR count). The van der Waals surface area contributed by atoms with E-state index in [2.05, 4.69) is 15.5 Å². The second kappa shape index (κ2) is 8.34. The number of carbonyl (C=O) groups excluding carboxylic acids is 1. The van der Waals surface area contributed by atoms with Gasteiger partial charge in [0.05, 0.1) is 12.3 Å². The van der Waals surface area contributed by atoms with Gasteiger partial charge in [0.15, 0.2) is 0 Å². The Bertz CT molecular complexity index is 1000. The van der Waals surface area contributed by atoms with Crippen molar-refractivity contribution in [2.24, 2.45) is 0 Å². The van der Waals surface area contributed by atoms with E-state index in [0.717, 1.165) is 23.3 Å². The normalized spacial score (nSPS) is 14.9. The van der Waals surface area contributed by atoms with E-state index in [9.17, 15) is 4.79 Å². The van der Waals surface area contributed by atoms with Crippen LogP contribution in [0.4, 0.5) is 5.69 Å². The number of ether oxygens (including phenoxy) is 2. The summed E-state index contributed by atoms with van der Waals surface area (Å²) in [5, 5.41) is 11.0. The molecule has 0 aliphatic carbocycles. The first-order valence-electron chi connectivity index (χ1n) is 9.76. The minimum absolute atomic E-state index is 0.127. The summed E-state index contributed by atoms with van der Waals surface area (Å²) in [6, 6.07) is 13.3.